The molecule has 2 aromatic rings. The Hall–Kier alpha value is -5.04. The maximum Gasteiger partial charge on any atom is 0.312 e. The second-order valence-corrected chi connectivity index (χ2v) is 15.7. The van der Waals surface area contributed by atoms with Crippen LogP contribution in [0.4, 0.5) is 10.1 Å². The quantitative estimate of drug-likeness (QED) is 0.113. The fourth-order valence-corrected chi connectivity index (χ4v) is 8.08. The highest BCUT2D eigenvalue weighted by Gasteiger charge is 2.50. The van der Waals surface area contributed by atoms with E-state index < -0.39 is 46.9 Å². The third-order valence-electron chi connectivity index (χ3n) is 10.3. The molecule has 0 fully saturated rings. The highest BCUT2D eigenvalue weighted by Crippen LogP contribution is 2.51. The van der Waals surface area contributed by atoms with E-state index in [1.807, 2.05) is 13.0 Å². The summed E-state index contributed by atoms with van der Waals surface area (Å²) in [5, 5.41) is 2.60. The first-order valence-corrected chi connectivity index (χ1v) is 18.7. The summed E-state index contributed by atoms with van der Waals surface area (Å²) >= 11 is 3.28. The van der Waals surface area contributed by atoms with Crippen molar-refractivity contribution in [3.05, 3.63) is 79.9 Å². The number of rotatable bonds is 1. The first-order chi connectivity index (χ1) is 25.6. The molecule has 6 atom stereocenters. The van der Waals surface area contributed by atoms with Crippen molar-refractivity contribution in [2.75, 3.05) is 5.32 Å². The number of ether oxygens (including phenoxy) is 4. The van der Waals surface area contributed by atoms with Gasteiger partial charge in [0, 0.05) is 40.8 Å². The summed E-state index contributed by atoms with van der Waals surface area (Å²) in [5.74, 6) is -4.61. The standard InChI is InChI=1S/C41H40BrFN2O9/c1-18-10-8-11-21(4)40(49)45-33-34(47)29-28(32-38(33)52-26-17-24(42)16-25(43)31(26)44-32)30-37-22(5)36(29)53-27(15-19(2)14-18)35(51-23(6)46)20(3)12-9-13-50-41(7,54-37)39(30)48/h8-11,13,16-20,27,35H,12,14-15H2,1-7H3,(H,45,49)/b10-8+,13-9+,21-11-/t18?,19-,20-,27?,35?,41+/m1/s1. The fraction of sp³-hybridized carbons (Fsp3) is 0.390. The lowest BCUT2D eigenvalue weighted by Crippen LogP contribution is -2.41. The number of fused-ring (bicyclic) bond motifs is 8. The minimum Gasteiger partial charge on any atom is -0.485 e. The SMILES string of the molecule is CC(=O)OC1C2C[C@H](C)CC(C)/C=C/C=C(/C)C(=O)Nc3c4oc5cc(Br)cc(F)c5nc-4c4c5c(c(C)c(c4c3=O)O2)O[C@](C)(O/C=C/C[C@H]1C)C5=O. The van der Waals surface area contributed by atoms with Crippen molar-refractivity contribution in [2.45, 2.75) is 85.7 Å². The summed E-state index contributed by atoms with van der Waals surface area (Å²) in [7, 11) is 0. The average molecular weight is 804 g/mol. The molecule has 0 aromatic heterocycles. The number of carbonyl (C=O) groups is 3. The largest absolute Gasteiger partial charge is 0.485 e. The lowest BCUT2D eigenvalue weighted by atomic mass is 9.86. The number of ketones is 1. The molecule has 4 aliphatic heterocycles. The number of carbonyl (C=O) groups excluding carboxylic acids is 3. The molecule has 1 N–H and O–H groups in total. The van der Waals surface area contributed by atoms with Crippen LogP contribution < -0.4 is 20.2 Å². The fourth-order valence-electron chi connectivity index (χ4n) is 7.67. The summed E-state index contributed by atoms with van der Waals surface area (Å²) in [5.41, 5.74) is -0.777. The van der Waals surface area contributed by atoms with Gasteiger partial charge in [0.25, 0.3) is 11.7 Å². The van der Waals surface area contributed by atoms with Crippen molar-refractivity contribution in [1.82, 2.24) is 4.98 Å². The zero-order valence-electron chi connectivity index (χ0n) is 30.9. The third-order valence-corrected chi connectivity index (χ3v) is 10.8. The van der Waals surface area contributed by atoms with Crippen molar-refractivity contribution < 1.29 is 42.1 Å². The van der Waals surface area contributed by atoms with Crippen LogP contribution in [0, 0.1) is 30.5 Å². The number of nitrogens with one attached hydrogen (secondary N) is 1. The second kappa shape index (κ2) is 14.0. The van der Waals surface area contributed by atoms with Gasteiger partial charge in [-0.05, 0) is 63.2 Å². The highest BCUT2D eigenvalue weighted by atomic mass is 79.9. The van der Waals surface area contributed by atoms with Crippen molar-refractivity contribution in [1.29, 1.82) is 0 Å². The van der Waals surface area contributed by atoms with E-state index in [-0.39, 0.29) is 73.8 Å². The van der Waals surface area contributed by atoms with Gasteiger partial charge in [0.1, 0.15) is 40.6 Å². The molecule has 4 heterocycles. The molecule has 3 unspecified atom stereocenters. The number of hydrogen-bond acceptors (Lipinski definition) is 10. The first kappa shape index (κ1) is 37.3. The van der Waals surface area contributed by atoms with Crippen LogP contribution in [0.25, 0.3) is 33.3 Å². The predicted molar refractivity (Wildman–Crippen MR) is 203 cm³/mol. The number of Topliss-reactive ketones (excluding diaryl/α,β-unsaturated/α-hetero) is 1. The van der Waals surface area contributed by atoms with E-state index in [9.17, 15) is 14.4 Å². The van der Waals surface area contributed by atoms with Crippen LogP contribution in [0.3, 0.4) is 0 Å². The number of amides is 1. The van der Waals surface area contributed by atoms with Gasteiger partial charge in [-0.2, -0.15) is 0 Å². The Morgan fingerprint density at radius 2 is 1.85 bits per heavy atom. The van der Waals surface area contributed by atoms with Crippen LogP contribution in [0.15, 0.2) is 62.0 Å². The van der Waals surface area contributed by atoms with Crippen LogP contribution in [0.5, 0.6) is 11.5 Å². The van der Waals surface area contributed by atoms with Gasteiger partial charge in [0.15, 0.2) is 17.2 Å². The maximum atomic E-state index is 15.6. The number of benzene rings is 3. The Bertz CT molecular complexity index is 2380. The van der Waals surface area contributed by atoms with Crippen molar-refractivity contribution in [3.63, 3.8) is 0 Å². The van der Waals surface area contributed by atoms with Gasteiger partial charge in [-0.15, -0.1) is 0 Å². The molecule has 0 saturated carbocycles. The Balaban J connectivity index is 1.66. The van der Waals surface area contributed by atoms with Gasteiger partial charge >= 0.3 is 11.8 Å². The van der Waals surface area contributed by atoms with E-state index in [0.29, 0.717) is 28.5 Å². The van der Waals surface area contributed by atoms with Crippen molar-refractivity contribution in [2.24, 2.45) is 17.8 Å². The maximum absolute atomic E-state index is 15.6. The Morgan fingerprint density at radius 1 is 1.09 bits per heavy atom. The summed E-state index contributed by atoms with van der Waals surface area (Å²) in [6.45, 7) is 12.1. The van der Waals surface area contributed by atoms with E-state index in [2.05, 4.69) is 35.1 Å². The van der Waals surface area contributed by atoms with Gasteiger partial charge < -0.3 is 28.7 Å². The third kappa shape index (κ3) is 6.46. The molecule has 0 saturated heterocycles. The molecule has 54 heavy (non-hydrogen) atoms. The van der Waals surface area contributed by atoms with Gasteiger partial charge in [0.05, 0.1) is 17.2 Å². The molecule has 1 amide bonds. The second-order valence-electron chi connectivity index (χ2n) is 14.8. The first-order valence-electron chi connectivity index (χ1n) is 17.9. The zero-order chi connectivity index (χ0) is 38.8. The summed E-state index contributed by atoms with van der Waals surface area (Å²) in [6.07, 6.45) is 8.48. The van der Waals surface area contributed by atoms with Gasteiger partial charge in [-0.3, -0.25) is 19.2 Å². The summed E-state index contributed by atoms with van der Waals surface area (Å²) in [6, 6.07) is 2.70. The molecule has 0 spiro atoms. The van der Waals surface area contributed by atoms with Gasteiger partial charge in [-0.25, -0.2) is 9.37 Å². The predicted octanol–water partition coefficient (Wildman–Crippen LogP) is 8.70. The molecule has 7 rings (SSSR count). The van der Waals surface area contributed by atoms with Crippen LogP contribution in [-0.4, -0.2) is 40.6 Å². The summed E-state index contributed by atoms with van der Waals surface area (Å²) < 4.78 is 47.6. The zero-order valence-corrected chi connectivity index (χ0v) is 32.5. The van der Waals surface area contributed by atoms with Crippen molar-refractivity contribution >= 4 is 61.1 Å². The minimum atomic E-state index is -1.87. The molecule has 6 bridgehead atoms. The van der Waals surface area contributed by atoms with E-state index in [1.54, 1.807) is 32.1 Å². The molecule has 0 radical (unpaired) electrons. The van der Waals surface area contributed by atoms with E-state index >= 15 is 9.18 Å². The number of aromatic nitrogens is 1. The molecule has 2 aromatic carbocycles. The lowest BCUT2D eigenvalue weighted by molar-refractivity contribution is -0.155. The number of hydrogen-bond donors (Lipinski definition) is 1. The Labute approximate surface area is 319 Å². The van der Waals surface area contributed by atoms with Crippen LogP contribution in [0.2, 0.25) is 0 Å². The highest BCUT2D eigenvalue weighted by molar-refractivity contribution is 9.10. The number of esters is 1. The molecule has 1 aliphatic carbocycles. The van der Waals surface area contributed by atoms with E-state index in [0.717, 1.165) is 6.42 Å². The molecular weight excluding hydrogens is 763 g/mol. The smallest absolute Gasteiger partial charge is 0.312 e. The minimum absolute atomic E-state index is 0.0227. The van der Waals surface area contributed by atoms with Crippen LogP contribution in [0.1, 0.15) is 76.7 Å². The monoisotopic (exact) mass is 802 g/mol. The number of anilines is 1. The normalized spacial score (nSPS) is 28.1. The molecule has 11 nitrogen and oxygen atoms in total. The number of halogens is 2. The van der Waals surface area contributed by atoms with E-state index in [4.69, 9.17) is 28.3 Å². The number of allylic oxidation sites excluding steroid dienone is 4. The molecule has 282 valence electrons. The topological polar surface area (TPSA) is 143 Å². The Kier molecular flexibility index (Phi) is 9.66. The van der Waals surface area contributed by atoms with Gasteiger partial charge in [-0.1, -0.05) is 54.9 Å². The molecular formula is C41H40BrFN2O9. The molecule has 13 heteroatoms. The van der Waals surface area contributed by atoms with Gasteiger partial charge in [0.2, 0.25) is 5.43 Å². The lowest BCUT2D eigenvalue weighted by Gasteiger charge is -2.34. The average Bonchev–Trinajstić information content (AvgIpc) is 3.36. The van der Waals surface area contributed by atoms with Crippen LogP contribution >= 0.6 is 15.9 Å². The molecule has 5 aliphatic rings. The van der Waals surface area contributed by atoms with Crippen LogP contribution in [-0.2, 0) is 19.1 Å². The van der Waals surface area contributed by atoms with Crippen molar-refractivity contribution in [3.8, 4) is 23.0 Å². The summed E-state index contributed by atoms with van der Waals surface area (Å²) in [4.78, 5) is 60.8. The number of nitrogens with zero attached hydrogens (tertiary/aromatic N) is 1. The Morgan fingerprint density at radius 3 is 2.59 bits per heavy atom. The van der Waals surface area contributed by atoms with E-state index in [1.165, 1.54) is 32.2 Å².